The summed E-state index contributed by atoms with van der Waals surface area (Å²) in [5.74, 6) is 1.30. The highest BCUT2D eigenvalue weighted by molar-refractivity contribution is 7.80. The van der Waals surface area contributed by atoms with E-state index in [-0.39, 0.29) is 12.1 Å². The van der Waals surface area contributed by atoms with Crippen LogP contribution in [0.5, 0.6) is 0 Å². The average molecular weight is 556 g/mol. The summed E-state index contributed by atoms with van der Waals surface area (Å²) in [5.41, 5.74) is 6.48. The van der Waals surface area contributed by atoms with Gasteiger partial charge in [0.25, 0.3) is 0 Å². The summed E-state index contributed by atoms with van der Waals surface area (Å²) in [5, 5.41) is 5.00. The fourth-order valence-electron chi connectivity index (χ4n) is 6.27. The van der Waals surface area contributed by atoms with Gasteiger partial charge < -0.3 is 19.7 Å². The van der Waals surface area contributed by atoms with Crippen LogP contribution in [0, 0.1) is 18.8 Å². The zero-order chi connectivity index (χ0) is 27.1. The maximum atomic E-state index is 7.00. The number of nitrogens with one attached hydrogen (secondary N) is 1. The first-order chi connectivity index (χ1) is 18.9. The number of anilines is 2. The van der Waals surface area contributed by atoms with Crippen molar-refractivity contribution in [1.82, 2.24) is 14.9 Å². The third kappa shape index (κ3) is 5.04. The molecule has 39 heavy (non-hydrogen) atoms. The van der Waals surface area contributed by atoms with Crippen molar-refractivity contribution in [2.45, 2.75) is 39.3 Å². The second-order valence-electron chi connectivity index (χ2n) is 11.1. The summed E-state index contributed by atoms with van der Waals surface area (Å²) >= 11 is 13.0. The van der Waals surface area contributed by atoms with Crippen LogP contribution in [0.4, 0.5) is 11.4 Å². The van der Waals surface area contributed by atoms with E-state index in [1.165, 1.54) is 12.0 Å². The number of rotatable bonds is 5. The quantitative estimate of drug-likeness (QED) is 0.258. The molecule has 0 radical (unpaired) electrons. The molecule has 0 saturated carbocycles. The molecule has 4 heterocycles. The number of benzene rings is 2. The van der Waals surface area contributed by atoms with Crippen LogP contribution in [0.15, 0.2) is 85.2 Å². The van der Waals surface area contributed by atoms with Gasteiger partial charge in [0.05, 0.1) is 22.4 Å². The zero-order valence-corrected chi connectivity index (χ0v) is 24.2. The second kappa shape index (κ2) is 10.7. The summed E-state index contributed by atoms with van der Waals surface area (Å²) < 4.78 is 2.25. The van der Waals surface area contributed by atoms with Gasteiger partial charge in [-0.3, -0.25) is 4.98 Å². The topological polar surface area (TPSA) is 36.3 Å². The SMILES string of the molecule is Cc1ccc(-n2cccc2[C@H]2[C@@H](c3ccccn3)NC(=S)N2c2ccc(N3C[C@H](C)C[C@H](C)C3)c(Cl)c2)cc1. The van der Waals surface area contributed by atoms with E-state index in [1.807, 2.05) is 18.3 Å². The molecule has 0 bridgehead atoms. The molecular weight excluding hydrogens is 522 g/mol. The van der Waals surface area contributed by atoms with Crippen LogP contribution < -0.4 is 15.1 Å². The van der Waals surface area contributed by atoms with Gasteiger partial charge in [0, 0.05) is 42.6 Å². The van der Waals surface area contributed by atoms with Crippen molar-refractivity contribution >= 4 is 40.3 Å². The zero-order valence-electron chi connectivity index (χ0n) is 22.6. The van der Waals surface area contributed by atoms with E-state index < -0.39 is 0 Å². The van der Waals surface area contributed by atoms with Crippen molar-refractivity contribution in [3.63, 3.8) is 0 Å². The van der Waals surface area contributed by atoms with Crippen LogP contribution in [0.1, 0.15) is 49.3 Å². The van der Waals surface area contributed by atoms with Crippen LogP contribution in [-0.2, 0) is 0 Å². The number of thiocarbonyl (C=S) groups is 1. The fourth-order valence-corrected chi connectivity index (χ4v) is 6.91. The van der Waals surface area contributed by atoms with Crippen molar-refractivity contribution in [2.24, 2.45) is 11.8 Å². The first-order valence-electron chi connectivity index (χ1n) is 13.7. The van der Waals surface area contributed by atoms with E-state index in [9.17, 15) is 0 Å². The monoisotopic (exact) mass is 555 g/mol. The Kier molecular flexibility index (Phi) is 7.08. The lowest BCUT2D eigenvalue weighted by atomic mass is 9.91. The molecule has 0 amide bonds. The predicted molar refractivity (Wildman–Crippen MR) is 165 cm³/mol. The van der Waals surface area contributed by atoms with Gasteiger partial charge in [-0.2, -0.15) is 0 Å². The van der Waals surface area contributed by atoms with Gasteiger partial charge in [0.1, 0.15) is 6.04 Å². The maximum absolute atomic E-state index is 7.00. The van der Waals surface area contributed by atoms with Crippen LogP contribution >= 0.6 is 23.8 Å². The smallest absolute Gasteiger partial charge is 0.174 e. The van der Waals surface area contributed by atoms with Gasteiger partial charge >= 0.3 is 0 Å². The van der Waals surface area contributed by atoms with E-state index >= 15 is 0 Å². The number of pyridine rings is 1. The third-order valence-electron chi connectivity index (χ3n) is 7.91. The largest absolute Gasteiger partial charge is 0.370 e. The van der Waals surface area contributed by atoms with E-state index in [0.29, 0.717) is 16.9 Å². The number of hydrogen-bond acceptors (Lipinski definition) is 3. The molecule has 2 aliphatic heterocycles. The molecule has 4 aromatic rings. The Balaban J connectivity index is 1.42. The van der Waals surface area contributed by atoms with Crippen molar-refractivity contribution in [3.05, 3.63) is 107 Å². The van der Waals surface area contributed by atoms with Gasteiger partial charge in [-0.25, -0.2) is 0 Å². The standard InChI is InChI=1S/C32H34ClN5S/c1-21-9-11-24(12-10-21)37-16-6-8-29(37)31-30(27-7-4-5-15-34-27)35-32(39)38(31)25-13-14-28(26(33)18-25)36-19-22(2)17-23(3)20-36/h4-16,18,22-23,30-31H,17,19-20H2,1-3H3,(H,35,39)/t22-,23+,30-,31+/m1/s1. The maximum Gasteiger partial charge on any atom is 0.174 e. The van der Waals surface area contributed by atoms with Crippen molar-refractivity contribution in [3.8, 4) is 5.69 Å². The summed E-state index contributed by atoms with van der Waals surface area (Å²) in [6.45, 7) is 8.82. The Morgan fingerprint density at radius 1 is 0.923 bits per heavy atom. The molecule has 200 valence electrons. The second-order valence-corrected chi connectivity index (χ2v) is 11.9. The number of halogens is 1. The van der Waals surface area contributed by atoms with Crippen LogP contribution in [0.25, 0.3) is 5.69 Å². The highest BCUT2D eigenvalue weighted by atomic mass is 35.5. The highest BCUT2D eigenvalue weighted by Crippen LogP contribution is 2.44. The first kappa shape index (κ1) is 25.9. The third-order valence-corrected chi connectivity index (χ3v) is 8.53. The van der Waals surface area contributed by atoms with E-state index in [2.05, 4.69) is 107 Å². The minimum atomic E-state index is -0.125. The van der Waals surface area contributed by atoms with Crippen LogP contribution in [-0.4, -0.2) is 27.8 Å². The summed E-state index contributed by atoms with van der Waals surface area (Å²) in [4.78, 5) is 9.35. The Hall–Kier alpha value is -3.35. The van der Waals surface area contributed by atoms with E-state index in [1.54, 1.807) is 0 Å². The molecule has 0 spiro atoms. The number of aromatic nitrogens is 2. The molecule has 1 N–H and O–H groups in total. The molecule has 6 rings (SSSR count). The van der Waals surface area contributed by atoms with Crippen LogP contribution in [0.2, 0.25) is 5.02 Å². The van der Waals surface area contributed by atoms with E-state index in [0.717, 1.165) is 46.6 Å². The van der Waals surface area contributed by atoms with Gasteiger partial charge in [-0.1, -0.05) is 49.2 Å². The van der Waals surface area contributed by atoms with E-state index in [4.69, 9.17) is 28.8 Å². The lowest BCUT2D eigenvalue weighted by Crippen LogP contribution is -2.38. The summed E-state index contributed by atoms with van der Waals surface area (Å²) in [6.07, 6.45) is 5.21. The highest BCUT2D eigenvalue weighted by Gasteiger charge is 2.42. The first-order valence-corrected chi connectivity index (χ1v) is 14.5. The van der Waals surface area contributed by atoms with Gasteiger partial charge in [0.2, 0.25) is 0 Å². The van der Waals surface area contributed by atoms with Crippen molar-refractivity contribution in [1.29, 1.82) is 0 Å². The minimum absolute atomic E-state index is 0.124. The van der Waals surface area contributed by atoms with Crippen molar-refractivity contribution in [2.75, 3.05) is 22.9 Å². The molecule has 2 aliphatic rings. The Morgan fingerprint density at radius 3 is 2.36 bits per heavy atom. The number of nitrogens with zero attached hydrogens (tertiary/aromatic N) is 4. The van der Waals surface area contributed by atoms with Crippen LogP contribution in [0.3, 0.4) is 0 Å². The lowest BCUT2D eigenvalue weighted by Gasteiger charge is -2.37. The summed E-state index contributed by atoms with van der Waals surface area (Å²) in [7, 11) is 0. The normalized spacial score (nSPS) is 23.2. The molecule has 4 atom stereocenters. The number of hydrogen-bond donors (Lipinski definition) is 1. The Morgan fingerprint density at radius 2 is 1.67 bits per heavy atom. The lowest BCUT2D eigenvalue weighted by molar-refractivity contribution is 0.357. The molecule has 0 aliphatic carbocycles. The molecule has 0 unspecified atom stereocenters. The van der Waals surface area contributed by atoms with Gasteiger partial charge in [-0.05, 0) is 92.0 Å². The number of aryl methyl sites for hydroxylation is 1. The predicted octanol–water partition coefficient (Wildman–Crippen LogP) is 7.49. The van der Waals surface area contributed by atoms with Crippen molar-refractivity contribution < 1.29 is 0 Å². The molecule has 2 saturated heterocycles. The van der Waals surface area contributed by atoms with Gasteiger partial charge in [0.15, 0.2) is 5.11 Å². The molecule has 2 aromatic heterocycles. The number of piperidine rings is 1. The molecule has 2 aromatic carbocycles. The average Bonchev–Trinajstić information content (AvgIpc) is 3.53. The molecule has 5 nitrogen and oxygen atoms in total. The Bertz CT molecular complexity index is 1460. The molecular formula is C32H34ClN5S. The Labute approximate surface area is 241 Å². The van der Waals surface area contributed by atoms with Gasteiger partial charge in [-0.15, -0.1) is 0 Å². The molecule has 7 heteroatoms. The minimum Gasteiger partial charge on any atom is -0.370 e. The fraction of sp³-hybridized carbons (Fsp3) is 0.312. The summed E-state index contributed by atoms with van der Waals surface area (Å²) in [6, 6.07) is 25.1. The molecule has 2 fully saturated rings.